The number of halogens is 3. The van der Waals surface area contributed by atoms with Crippen LogP contribution in [0.2, 0.25) is 0 Å². The Morgan fingerprint density at radius 2 is 2.05 bits per heavy atom. The molecular weight excluding hydrogens is 277 g/mol. The van der Waals surface area contributed by atoms with Gasteiger partial charge in [0.1, 0.15) is 12.1 Å². The van der Waals surface area contributed by atoms with Crippen LogP contribution in [0, 0.1) is 6.92 Å². The number of alkyl halides is 3. The van der Waals surface area contributed by atoms with Gasteiger partial charge < -0.3 is 0 Å². The van der Waals surface area contributed by atoms with E-state index in [1.54, 1.807) is 19.1 Å². The van der Waals surface area contributed by atoms with Gasteiger partial charge in [0.2, 0.25) is 0 Å². The van der Waals surface area contributed by atoms with E-state index in [1.807, 2.05) is 0 Å². The van der Waals surface area contributed by atoms with Crippen molar-refractivity contribution in [2.45, 2.75) is 13.2 Å². The Morgan fingerprint density at radius 1 is 1.35 bits per heavy atom. The minimum atomic E-state index is -4.87. The molecule has 0 saturated carbocycles. The first-order valence-corrected chi connectivity index (χ1v) is 5.29. The normalized spacial score (nSPS) is 11.4. The Labute approximate surface area is 110 Å². The molecule has 0 aromatic carbocycles. The maximum absolute atomic E-state index is 12.3. The third-order valence-corrected chi connectivity index (χ3v) is 2.33. The van der Waals surface area contributed by atoms with Gasteiger partial charge in [-0.2, -0.15) is 9.99 Å². The van der Waals surface area contributed by atoms with Gasteiger partial charge in [0.25, 0.3) is 5.95 Å². The second-order valence-corrected chi connectivity index (χ2v) is 3.84. The molecule has 2 heterocycles. The topological polar surface area (TPSA) is 89.9 Å². The van der Waals surface area contributed by atoms with Crippen LogP contribution < -0.4 is 16.5 Å². The van der Waals surface area contributed by atoms with Gasteiger partial charge in [-0.15, -0.1) is 13.2 Å². The zero-order valence-electron chi connectivity index (χ0n) is 10.2. The Kier molecular flexibility index (Phi) is 3.40. The van der Waals surface area contributed by atoms with Crippen LogP contribution in [0.5, 0.6) is 0 Å². The molecule has 0 saturated heterocycles. The minimum Gasteiger partial charge on any atom is -0.245 e. The van der Waals surface area contributed by atoms with Crippen LogP contribution in [0.4, 0.5) is 19.1 Å². The number of hydrogen-bond acceptors (Lipinski definition) is 6. The summed E-state index contributed by atoms with van der Waals surface area (Å²) < 4.78 is 37.9. The number of aryl methyl sites for hydroxylation is 1. The van der Waals surface area contributed by atoms with Crippen molar-refractivity contribution in [3.05, 3.63) is 40.7 Å². The molecule has 0 unspecified atom stereocenters. The highest BCUT2D eigenvalue weighted by Crippen LogP contribution is 2.20. The fraction of sp³-hybridized carbons (Fsp3) is 0.200. The molecule has 2 N–H and O–H groups in total. The molecule has 7 nitrogen and oxygen atoms in total. The quantitative estimate of drug-likeness (QED) is 0.492. The van der Waals surface area contributed by atoms with E-state index in [2.05, 4.69) is 15.0 Å². The van der Waals surface area contributed by atoms with Gasteiger partial charge in [-0.1, -0.05) is 0 Å². The SMILES string of the molecule is Cc1ccnc(-n2cnc(N(N)C(F)(F)F)nc2=O)c1. The summed E-state index contributed by atoms with van der Waals surface area (Å²) in [5.74, 6) is 4.04. The van der Waals surface area contributed by atoms with E-state index in [9.17, 15) is 18.0 Å². The van der Waals surface area contributed by atoms with E-state index in [-0.39, 0.29) is 5.82 Å². The van der Waals surface area contributed by atoms with Gasteiger partial charge in [-0.25, -0.2) is 25.2 Å². The molecule has 0 aliphatic carbocycles. The van der Waals surface area contributed by atoms with Crippen molar-refractivity contribution in [2.24, 2.45) is 5.84 Å². The zero-order valence-corrected chi connectivity index (χ0v) is 10.2. The Bertz CT molecular complexity index is 683. The first-order chi connectivity index (χ1) is 9.29. The number of nitrogens with zero attached hydrogens (tertiary/aromatic N) is 5. The van der Waals surface area contributed by atoms with Crippen LogP contribution >= 0.6 is 0 Å². The second kappa shape index (κ2) is 4.89. The van der Waals surface area contributed by atoms with E-state index in [0.717, 1.165) is 16.5 Å². The molecule has 2 aromatic rings. The third kappa shape index (κ3) is 2.74. The molecule has 0 amide bonds. The van der Waals surface area contributed by atoms with Crippen molar-refractivity contribution in [3.8, 4) is 5.82 Å². The first-order valence-electron chi connectivity index (χ1n) is 5.29. The van der Waals surface area contributed by atoms with Gasteiger partial charge in [0, 0.05) is 6.20 Å². The highest BCUT2D eigenvalue weighted by Gasteiger charge is 2.37. The number of pyridine rings is 1. The Morgan fingerprint density at radius 3 is 2.60 bits per heavy atom. The molecule has 0 radical (unpaired) electrons. The average Bonchev–Trinajstić information content (AvgIpc) is 2.36. The number of hydrazine groups is 1. The van der Waals surface area contributed by atoms with Gasteiger partial charge in [0.05, 0.1) is 0 Å². The lowest BCUT2D eigenvalue weighted by atomic mass is 10.3. The van der Waals surface area contributed by atoms with Crippen LogP contribution in [-0.4, -0.2) is 25.8 Å². The summed E-state index contributed by atoms with van der Waals surface area (Å²) in [5, 5.41) is -0.636. The van der Waals surface area contributed by atoms with E-state index < -0.39 is 22.9 Å². The molecule has 0 fully saturated rings. The summed E-state index contributed by atoms with van der Waals surface area (Å²) >= 11 is 0. The lowest BCUT2D eigenvalue weighted by Crippen LogP contribution is -2.46. The van der Waals surface area contributed by atoms with E-state index in [4.69, 9.17) is 5.84 Å². The first kappa shape index (κ1) is 13.9. The summed E-state index contributed by atoms with van der Waals surface area (Å²) in [4.78, 5) is 22.2. The standard InChI is InChI=1S/C10H9F3N6O/c1-6-2-3-15-7(4-6)18-5-16-8(17-9(18)20)19(14)10(11,12)13/h2-5H,14H2,1H3. The van der Waals surface area contributed by atoms with Crippen molar-refractivity contribution >= 4 is 5.95 Å². The summed E-state index contributed by atoms with van der Waals surface area (Å²) in [7, 11) is 0. The van der Waals surface area contributed by atoms with E-state index in [1.165, 1.54) is 6.20 Å². The number of nitrogens with two attached hydrogens (primary N) is 1. The predicted octanol–water partition coefficient (Wildman–Crippen LogP) is 0.531. The highest BCUT2D eigenvalue weighted by atomic mass is 19.4. The van der Waals surface area contributed by atoms with Crippen molar-refractivity contribution in [1.29, 1.82) is 0 Å². The molecule has 0 bridgehead atoms. The van der Waals surface area contributed by atoms with Crippen LogP contribution in [0.15, 0.2) is 29.5 Å². The zero-order chi connectivity index (χ0) is 14.9. The van der Waals surface area contributed by atoms with Crippen LogP contribution in [0.3, 0.4) is 0 Å². The Balaban J connectivity index is 2.44. The van der Waals surface area contributed by atoms with Crippen LogP contribution in [-0.2, 0) is 0 Å². The summed E-state index contributed by atoms with van der Waals surface area (Å²) in [6, 6.07) is 3.27. The van der Waals surface area contributed by atoms with Crippen LogP contribution in [0.25, 0.3) is 5.82 Å². The maximum Gasteiger partial charge on any atom is 0.501 e. The molecule has 20 heavy (non-hydrogen) atoms. The maximum atomic E-state index is 12.3. The lowest BCUT2D eigenvalue weighted by Gasteiger charge is -2.18. The van der Waals surface area contributed by atoms with E-state index >= 15 is 0 Å². The number of anilines is 1. The molecule has 2 aromatic heterocycles. The van der Waals surface area contributed by atoms with Gasteiger partial charge in [-0.05, 0) is 24.6 Å². The van der Waals surface area contributed by atoms with Crippen molar-refractivity contribution in [2.75, 3.05) is 5.01 Å². The fourth-order valence-corrected chi connectivity index (χ4v) is 1.37. The van der Waals surface area contributed by atoms with E-state index in [0.29, 0.717) is 0 Å². The molecule has 0 aliphatic rings. The van der Waals surface area contributed by atoms with Crippen molar-refractivity contribution in [3.63, 3.8) is 0 Å². The molecule has 10 heteroatoms. The summed E-state index contributed by atoms with van der Waals surface area (Å²) in [6.45, 7) is 1.77. The molecule has 0 atom stereocenters. The van der Waals surface area contributed by atoms with Crippen molar-refractivity contribution < 1.29 is 13.2 Å². The third-order valence-electron chi connectivity index (χ3n) is 2.33. The van der Waals surface area contributed by atoms with Gasteiger partial charge in [0.15, 0.2) is 0 Å². The van der Waals surface area contributed by atoms with Gasteiger partial charge in [-0.3, -0.25) is 0 Å². The summed E-state index contributed by atoms with van der Waals surface area (Å²) in [6.07, 6.45) is -2.53. The minimum absolute atomic E-state index is 0.206. The number of rotatable bonds is 2. The van der Waals surface area contributed by atoms with Crippen LogP contribution in [0.1, 0.15) is 5.56 Å². The molecule has 2 rings (SSSR count). The largest absolute Gasteiger partial charge is 0.501 e. The smallest absolute Gasteiger partial charge is 0.245 e. The lowest BCUT2D eigenvalue weighted by molar-refractivity contribution is -0.130. The fourth-order valence-electron chi connectivity index (χ4n) is 1.37. The predicted molar refractivity (Wildman–Crippen MR) is 62.9 cm³/mol. The molecular formula is C10H9F3N6O. The number of hydrogen-bond donors (Lipinski definition) is 1. The monoisotopic (exact) mass is 286 g/mol. The Hall–Kier alpha value is -2.49. The average molecular weight is 286 g/mol. The number of aromatic nitrogens is 4. The molecule has 0 aliphatic heterocycles. The molecule has 106 valence electrons. The summed E-state index contributed by atoms with van der Waals surface area (Å²) in [5.41, 5.74) is -0.144. The molecule has 0 spiro atoms. The van der Waals surface area contributed by atoms with Gasteiger partial charge >= 0.3 is 12.0 Å². The highest BCUT2D eigenvalue weighted by molar-refractivity contribution is 5.29. The van der Waals surface area contributed by atoms with Crippen molar-refractivity contribution in [1.82, 2.24) is 19.5 Å². The second-order valence-electron chi connectivity index (χ2n) is 3.84.